The smallest absolute Gasteiger partial charge is 0.258 e. The van der Waals surface area contributed by atoms with Crippen LogP contribution in [0.3, 0.4) is 0 Å². The SMILES string of the molecule is Cc1cc(N(C)Cc2nc3ccccc3c(=O)[nH]2)c2nncn2n1. The number of nitrogens with one attached hydrogen (secondary N) is 1. The summed E-state index contributed by atoms with van der Waals surface area (Å²) < 4.78 is 1.64. The molecule has 0 spiro atoms. The molecule has 1 aromatic carbocycles. The molecule has 3 aromatic heterocycles. The fourth-order valence-corrected chi connectivity index (χ4v) is 2.73. The standard InChI is InChI=1S/C16H15N7O/c1-10-7-13(15-20-17-9-23(15)21-10)22(2)8-14-18-12-6-4-3-5-11(12)16(24)19-14/h3-7,9H,8H2,1-2H3,(H,18,19,24). The Morgan fingerprint density at radius 2 is 2.12 bits per heavy atom. The molecule has 4 aromatic rings. The fourth-order valence-electron chi connectivity index (χ4n) is 2.73. The number of H-pyrrole nitrogens is 1. The second-order valence-electron chi connectivity index (χ2n) is 5.66. The molecular weight excluding hydrogens is 306 g/mol. The van der Waals surface area contributed by atoms with Gasteiger partial charge in [0.15, 0.2) is 0 Å². The van der Waals surface area contributed by atoms with Crippen molar-refractivity contribution in [2.45, 2.75) is 13.5 Å². The number of anilines is 1. The Labute approximate surface area is 136 Å². The Morgan fingerprint density at radius 3 is 3.00 bits per heavy atom. The minimum absolute atomic E-state index is 0.137. The van der Waals surface area contributed by atoms with Gasteiger partial charge >= 0.3 is 0 Å². The van der Waals surface area contributed by atoms with Crippen molar-refractivity contribution in [2.75, 3.05) is 11.9 Å². The first-order valence-electron chi connectivity index (χ1n) is 7.48. The van der Waals surface area contributed by atoms with Crippen LogP contribution in [0.5, 0.6) is 0 Å². The van der Waals surface area contributed by atoms with Crippen LogP contribution < -0.4 is 10.5 Å². The predicted molar refractivity (Wildman–Crippen MR) is 90.0 cm³/mol. The molecule has 0 aliphatic heterocycles. The average Bonchev–Trinajstić information content (AvgIpc) is 3.02. The highest BCUT2D eigenvalue weighted by Gasteiger charge is 2.13. The van der Waals surface area contributed by atoms with E-state index in [1.807, 2.05) is 43.1 Å². The van der Waals surface area contributed by atoms with Crippen molar-refractivity contribution in [1.29, 1.82) is 0 Å². The van der Waals surface area contributed by atoms with E-state index in [0.717, 1.165) is 11.4 Å². The van der Waals surface area contributed by atoms with Crippen molar-refractivity contribution in [3.05, 3.63) is 58.5 Å². The molecule has 1 N–H and O–H groups in total. The number of aryl methyl sites for hydroxylation is 1. The molecule has 24 heavy (non-hydrogen) atoms. The monoisotopic (exact) mass is 321 g/mol. The number of hydrogen-bond acceptors (Lipinski definition) is 6. The number of aromatic amines is 1. The summed E-state index contributed by atoms with van der Waals surface area (Å²) in [6, 6.07) is 9.23. The van der Waals surface area contributed by atoms with Crippen molar-refractivity contribution in [2.24, 2.45) is 0 Å². The van der Waals surface area contributed by atoms with E-state index in [2.05, 4.69) is 25.3 Å². The molecule has 3 heterocycles. The Morgan fingerprint density at radius 1 is 1.29 bits per heavy atom. The van der Waals surface area contributed by atoms with Crippen LogP contribution in [0.4, 0.5) is 5.69 Å². The van der Waals surface area contributed by atoms with Crippen molar-refractivity contribution in [3.8, 4) is 0 Å². The first-order chi connectivity index (χ1) is 11.6. The Balaban J connectivity index is 1.74. The van der Waals surface area contributed by atoms with Gasteiger partial charge in [0.1, 0.15) is 12.2 Å². The second-order valence-corrected chi connectivity index (χ2v) is 5.66. The van der Waals surface area contributed by atoms with Gasteiger partial charge in [0.05, 0.1) is 28.8 Å². The average molecular weight is 321 g/mol. The summed E-state index contributed by atoms with van der Waals surface area (Å²) in [6.07, 6.45) is 1.57. The molecule has 0 unspecified atom stereocenters. The lowest BCUT2D eigenvalue weighted by Gasteiger charge is -2.19. The highest BCUT2D eigenvalue weighted by atomic mass is 16.1. The number of fused-ring (bicyclic) bond motifs is 2. The van der Waals surface area contributed by atoms with Crippen LogP contribution in [-0.4, -0.2) is 36.8 Å². The van der Waals surface area contributed by atoms with Gasteiger partial charge in [0.25, 0.3) is 5.56 Å². The van der Waals surface area contributed by atoms with Gasteiger partial charge in [-0.05, 0) is 25.1 Å². The number of nitrogens with zero attached hydrogens (tertiary/aromatic N) is 6. The van der Waals surface area contributed by atoms with Gasteiger partial charge in [-0.15, -0.1) is 10.2 Å². The third-order valence-corrected chi connectivity index (χ3v) is 3.83. The lowest BCUT2D eigenvalue weighted by molar-refractivity contribution is 0.825. The molecule has 0 saturated carbocycles. The number of hydrogen-bond donors (Lipinski definition) is 1. The van der Waals surface area contributed by atoms with Gasteiger partial charge in [-0.3, -0.25) is 4.79 Å². The number of rotatable bonds is 3. The zero-order valence-corrected chi connectivity index (χ0v) is 13.3. The lowest BCUT2D eigenvalue weighted by atomic mass is 10.2. The van der Waals surface area contributed by atoms with Gasteiger partial charge in [-0.25, -0.2) is 4.98 Å². The van der Waals surface area contributed by atoms with Gasteiger partial charge in [-0.1, -0.05) is 12.1 Å². The number of benzene rings is 1. The van der Waals surface area contributed by atoms with Crippen LogP contribution in [-0.2, 0) is 6.54 Å². The Bertz CT molecular complexity index is 1100. The molecule has 0 fully saturated rings. The molecule has 0 atom stereocenters. The van der Waals surface area contributed by atoms with E-state index in [1.165, 1.54) is 0 Å². The molecule has 0 radical (unpaired) electrons. The maximum absolute atomic E-state index is 12.2. The van der Waals surface area contributed by atoms with E-state index in [9.17, 15) is 4.79 Å². The van der Waals surface area contributed by atoms with Crippen LogP contribution in [0.15, 0.2) is 41.5 Å². The zero-order valence-electron chi connectivity index (χ0n) is 13.3. The van der Waals surface area contributed by atoms with Gasteiger partial charge in [0.2, 0.25) is 5.65 Å². The second kappa shape index (κ2) is 5.41. The third kappa shape index (κ3) is 2.37. The summed E-state index contributed by atoms with van der Waals surface area (Å²) >= 11 is 0. The number of aromatic nitrogens is 6. The normalized spacial score (nSPS) is 11.2. The molecule has 0 bridgehead atoms. The third-order valence-electron chi connectivity index (χ3n) is 3.83. The zero-order chi connectivity index (χ0) is 16.7. The quantitative estimate of drug-likeness (QED) is 0.611. The van der Waals surface area contributed by atoms with Gasteiger partial charge < -0.3 is 9.88 Å². The molecule has 4 rings (SSSR count). The minimum atomic E-state index is -0.137. The summed E-state index contributed by atoms with van der Waals surface area (Å²) in [5, 5.41) is 12.9. The van der Waals surface area contributed by atoms with Gasteiger partial charge in [-0.2, -0.15) is 9.61 Å². The van der Waals surface area contributed by atoms with Crippen LogP contribution >= 0.6 is 0 Å². The van der Waals surface area contributed by atoms with Crippen molar-refractivity contribution < 1.29 is 0 Å². The van der Waals surface area contributed by atoms with E-state index >= 15 is 0 Å². The topological polar surface area (TPSA) is 92.1 Å². The van der Waals surface area contributed by atoms with E-state index in [-0.39, 0.29) is 5.56 Å². The van der Waals surface area contributed by atoms with Crippen molar-refractivity contribution in [1.82, 2.24) is 29.8 Å². The van der Waals surface area contributed by atoms with Gasteiger partial charge in [0, 0.05) is 7.05 Å². The summed E-state index contributed by atoms with van der Waals surface area (Å²) in [6.45, 7) is 2.35. The van der Waals surface area contributed by atoms with Crippen LogP contribution in [0, 0.1) is 6.92 Å². The first kappa shape index (κ1) is 14.3. The van der Waals surface area contributed by atoms with Crippen molar-refractivity contribution >= 4 is 22.2 Å². The summed E-state index contributed by atoms with van der Waals surface area (Å²) in [4.78, 5) is 21.5. The molecule has 0 saturated heterocycles. The highest BCUT2D eigenvalue weighted by Crippen LogP contribution is 2.20. The molecule has 0 amide bonds. The Hall–Kier alpha value is -3.29. The van der Waals surface area contributed by atoms with E-state index in [1.54, 1.807) is 16.9 Å². The predicted octanol–water partition coefficient (Wildman–Crippen LogP) is 1.31. The maximum atomic E-state index is 12.2. The lowest BCUT2D eigenvalue weighted by Crippen LogP contribution is -2.22. The van der Waals surface area contributed by atoms with E-state index < -0.39 is 0 Å². The fraction of sp³-hybridized carbons (Fsp3) is 0.188. The summed E-state index contributed by atoms with van der Waals surface area (Å²) in [5.41, 5.74) is 2.93. The molecule has 8 heteroatoms. The van der Waals surface area contributed by atoms with E-state index in [0.29, 0.717) is 28.9 Å². The van der Waals surface area contributed by atoms with Crippen LogP contribution in [0.25, 0.3) is 16.6 Å². The Kier molecular flexibility index (Phi) is 3.23. The first-order valence-corrected chi connectivity index (χ1v) is 7.48. The molecule has 0 aliphatic rings. The summed E-state index contributed by atoms with van der Waals surface area (Å²) in [5.74, 6) is 0.591. The largest absolute Gasteiger partial charge is 0.364 e. The van der Waals surface area contributed by atoms with Crippen molar-refractivity contribution in [3.63, 3.8) is 0 Å². The summed E-state index contributed by atoms with van der Waals surface area (Å²) in [7, 11) is 1.92. The molecular formula is C16H15N7O. The molecule has 120 valence electrons. The van der Waals surface area contributed by atoms with E-state index in [4.69, 9.17) is 0 Å². The van der Waals surface area contributed by atoms with Crippen LogP contribution in [0.1, 0.15) is 11.5 Å². The molecule has 0 aliphatic carbocycles. The maximum Gasteiger partial charge on any atom is 0.258 e. The number of para-hydroxylation sites is 1. The minimum Gasteiger partial charge on any atom is -0.364 e. The highest BCUT2D eigenvalue weighted by molar-refractivity contribution is 5.77. The van der Waals surface area contributed by atoms with Crippen LogP contribution in [0.2, 0.25) is 0 Å². The molecule has 8 nitrogen and oxygen atoms in total.